The maximum absolute atomic E-state index is 11.6. The molecule has 3 N–H and O–H groups in total. The van der Waals surface area contributed by atoms with E-state index in [9.17, 15) is 4.79 Å². The molecular weight excluding hydrogens is 360 g/mol. The number of methoxy groups -OCH3 is 2. The summed E-state index contributed by atoms with van der Waals surface area (Å²) in [7, 11) is 3.16. The second-order valence-electron chi connectivity index (χ2n) is 4.61. The number of ether oxygens (including phenoxy) is 2. The number of halogens is 2. The van der Waals surface area contributed by atoms with Crippen molar-refractivity contribution in [3.05, 3.63) is 22.2 Å². The molecule has 0 aliphatic heterocycles. The summed E-state index contributed by atoms with van der Waals surface area (Å²) in [6.45, 7) is 2.33. The summed E-state index contributed by atoms with van der Waals surface area (Å²) in [5, 5.41) is 2.86. The molecule has 1 atom stereocenters. The van der Waals surface area contributed by atoms with Crippen LogP contribution in [-0.4, -0.2) is 26.2 Å². The minimum absolute atomic E-state index is 0. The van der Waals surface area contributed by atoms with Crippen molar-refractivity contribution in [1.82, 2.24) is 5.32 Å². The molecule has 1 amide bonds. The van der Waals surface area contributed by atoms with Gasteiger partial charge in [0.05, 0.1) is 18.7 Å². The maximum Gasteiger partial charge on any atom is 0.220 e. The number of benzene rings is 1. The summed E-state index contributed by atoms with van der Waals surface area (Å²) in [5.74, 6) is 1.26. The smallest absolute Gasteiger partial charge is 0.220 e. The minimum atomic E-state index is -0.00629. The highest BCUT2D eigenvalue weighted by Gasteiger charge is 2.11. The van der Waals surface area contributed by atoms with Crippen molar-refractivity contribution in [1.29, 1.82) is 0 Å². The SMILES string of the molecule is COc1cc(CNC(=O)CCC(C)N)cc(Br)c1OC.Cl. The number of carbonyl (C=O) groups excluding carboxylic acids is 1. The molecule has 0 heterocycles. The van der Waals surface area contributed by atoms with Gasteiger partial charge >= 0.3 is 0 Å². The predicted molar refractivity (Wildman–Crippen MR) is 89.2 cm³/mol. The Morgan fingerprint density at radius 3 is 2.57 bits per heavy atom. The first kappa shape index (κ1) is 20.0. The molecular formula is C14H22BrClN2O3. The van der Waals surface area contributed by atoms with Crippen LogP contribution in [0.25, 0.3) is 0 Å². The van der Waals surface area contributed by atoms with Crippen LogP contribution in [0, 0.1) is 0 Å². The first-order chi connectivity index (χ1) is 9.47. The van der Waals surface area contributed by atoms with E-state index in [1.807, 2.05) is 19.1 Å². The summed E-state index contributed by atoms with van der Waals surface area (Å²) in [5.41, 5.74) is 6.56. The van der Waals surface area contributed by atoms with Crippen LogP contribution >= 0.6 is 28.3 Å². The molecule has 120 valence electrons. The summed E-state index contributed by atoms with van der Waals surface area (Å²) >= 11 is 3.42. The number of amides is 1. The third kappa shape index (κ3) is 6.54. The molecule has 0 saturated carbocycles. The van der Waals surface area contributed by atoms with Crippen molar-refractivity contribution in [2.24, 2.45) is 5.73 Å². The molecule has 0 aliphatic carbocycles. The molecule has 1 aromatic rings. The van der Waals surface area contributed by atoms with E-state index in [0.717, 1.165) is 10.0 Å². The van der Waals surface area contributed by atoms with Gasteiger partial charge in [0, 0.05) is 19.0 Å². The van der Waals surface area contributed by atoms with E-state index in [2.05, 4.69) is 21.2 Å². The van der Waals surface area contributed by atoms with Gasteiger partial charge in [-0.1, -0.05) is 0 Å². The lowest BCUT2D eigenvalue weighted by Crippen LogP contribution is -2.25. The Hall–Kier alpha value is -0.980. The Morgan fingerprint density at radius 2 is 2.05 bits per heavy atom. The van der Waals surface area contributed by atoms with E-state index < -0.39 is 0 Å². The quantitative estimate of drug-likeness (QED) is 0.761. The maximum atomic E-state index is 11.6. The van der Waals surface area contributed by atoms with Crippen molar-refractivity contribution in [3.63, 3.8) is 0 Å². The van der Waals surface area contributed by atoms with Crippen LogP contribution in [0.2, 0.25) is 0 Å². The molecule has 1 aromatic carbocycles. The summed E-state index contributed by atoms with van der Waals surface area (Å²) in [6, 6.07) is 3.78. The fourth-order valence-electron chi connectivity index (χ4n) is 1.72. The average molecular weight is 382 g/mol. The summed E-state index contributed by atoms with van der Waals surface area (Å²) in [6.07, 6.45) is 1.12. The van der Waals surface area contributed by atoms with Crippen LogP contribution in [-0.2, 0) is 11.3 Å². The van der Waals surface area contributed by atoms with Crippen LogP contribution in [0.1, 0.15) is 25.3 Å². The van der Waals surface area contributed by atoms with E-state index in [4.69, 9.17) is 15.2 Å². The van der Waals surface area contributed by atoms with Crippen LogP contribution in [0.3, 0.4) is 0 Å². The molecule has 5 nitrogen and oxygen atoms in total. The molecule has 0 aromatic heterocycles. The second-order valence-corrected chi connectivity index (χ2v) is 5.46. The van der Waals surface area contributed by atoms with Gasteiger partial charge in [0.2, 0.25) is 5.91 Å². The zero-order valence-electron chi connectivity index (χ0n) is 12.4. The molecule has 0 saturated heterocycles. The van der Waals surface area contributed by atoms with Crippen molar-refractivity contribution >= 4 is 34.2 Å². The molecule has 0 spiro atoms. The van der Waals surface area contributed by atoms with E-state index in [0.29, 0.717) is 30.9 Å². The van der Waals surface area contributed by atoms with Crippen molar-refractivity contribution in [3.8, 4) is 11.5 Å². The van der Waals surface area contributed by atoms with Crippen molar-refractivity contribution in [2.45, 2.75) is 32.4 Å². The zero-order chi connectivity index (χ0) is 15.1. The number of hydrogen-bond acceptors (Lipinski definition) is 4. The Balaban J connectivity index is 0.00000400. The highest BCUT2D eigenvalue weighted by Crippen LogP contribution is 2.36. The molecule has 0 fully saturated rings. The Bertz CT molecular complexity index is 470. The van der Waals surface area contributed by atoms with Gasteiger partial charge in [0.15, 0.2) is 11.5 Å². The highest BCUT2D eigenvalue weighted by molar-refractivity contribution is 9.10. The highest BCUT2D eigenvalue weighted by atomic mass is 79.9. The predicted octanol–water partition coefficient (Wildman–Crippen LogP) is 2.63. The molecule has 1 unspecified atom stereocenters. The van der Waals surface area contributed by atoms with Crippen molar-refractivity contribution in [2.75, 3.05) is 14.2 Å². The lowest BCUT2D eigenvalue weighted by atomic mass is 10.1. The standard InChI is InChI=1S/C14H21BrN2O3.ClH/c1-9(16)4-5-13(18)17-8-10-6-11(15)14(20-3)12(7-10)19-2;/h6-7,9H,4-5,8,16H2,1-3H3,(H,17,18);1H. The van der Waals surface area contributed by atoms with Gasteiger partial charge in [-0.2, -0.15) is 0 Å². The van der Waals surface area contributed by atoms with Crippen molar-refractivity contribution < 1.29 is 14.3 Å². The molecule has 21 heavy (non-hydrogen) atoms. The van der Waals surface area contributed by atoms with Crippen LogP contribution in [0.5, 0.6) is 11.5 Å². The third-order valence-electron chi connectivity index (χ3n) is 2.81. The van der Waals surface area contributed by atoms with Gasteiger partial charge in [-0.15, -0.1) is 12.4 Å². The van der Waals surface area contributed by atoms with E-state index in [1.165, 1.54) is 0 Å². The number of carbonyl (C=O) groups is 1. The molecule has 0 radical (unpaired) electrons. The van der Waals surface area contributed by atoms with Gasteiger partial charge in [-0.05, 0) is 47.0 Å². The van der Waals surface area contributed by atoms with Gasteiger partial charge in [0.25, 0.3) is 0 Å². The minimum Gasteiger partial charge on any atom is -0.493 e. The lowest BCUT2D eigenvalue weighted by molar-refractivity contribution is -0.121. The van der Waals surface area contributed by atoms with Gasteiger partial charge in [0.1, 0.15) is 0 Å². The average Bonchev–Trinajstić information content (AvgIpc) is 2.42. The number of hydrogen-bond donors (Lipinski definition) is 2. The van der Waals surface area contributed by atoms with E-state index in [-0.39, 0.29) is 24.4 Å². The first-order valence-electron chi connectivity index (χ1n) is 6.40. The number of nitrogens with one attached hydrogen (secondary N) is 1. The van der Waals surface area contributed by atoms with Gasteiger partial charge in [-0.3, -0.25) is 4.79 Å². The Labute approximate surface area is 140 Å². The van der Waals surface area contributed by atoms with Crippen LogP contribution in [0.15, 0.2) is 16.6 Å². The first-order valence-corrected chi connectivity index (χ1v) is 7.20. The fourth-order valence-corrected chi connectivity index (χ4v) is 2.37. The normalized spacial score (nSPS) is 11.3. The Kier molecular flexibility index (Phi) is 9.41. The monoisotopic (exact) mass is 380 g/mol. The second kappa shape index (κ2) is 9.87. The molecule has 0 bridgehead atoms. The van der Waals surface area contributed by atoms with Crippen LogP contribution < -0.4 is 20.5 Å². The number of rotatable bonds is 7. The fraction of sp³-hybridized carbons (Fsp3) is 0.500. The summed E-state index contributed by atoms with van der Waals surface area (Å²) < 4.78 is 11.3. The van der Waals surface area contributed by atoms with E-state index in [1.54, 1.807) is 14.2 Å². The Morgan fingerprint density at radius 1 is 1.38 bits per heavy atom. The van der Waals surface area contributed by atoms with E-state index >= 15 is 0 Å². The topological polar surface area (TPSA) is 73.6 Å². The third-order valence-corrected chi connectivity index (χ3v) is 3.40. The largest absolute Gasteiger partial charge is 0.493 e. The van der Waals surface area contributed by atoms with Gasteiger partial charge in [-0.25, -0.2) is 0 Å². The van der Waals surface area contributed by atoms with Gasteiger partial charge < -0.3 is 20.5 Å². The zero-order valence-corrected chi connectivity index (χ0v) is 14.8. The summed E-state index contributed by atoms with van der Waals surface area (Å²) in [4.78, 5) is 11.6. The van der Waals surface area contributed by atoms with Crippen LogP contribution in [0.4, 0.5) is 0 Å². The molecule has 7 heteroatoms. The number of nitrogens with two attached hydrogens (primary N) is 1. The molecule has 1 rings (SSSR count). The lowest BCUT2D eigenvalue weighted by Gasteiger charge is -2.12. The molecule has 0 aliphatic rings.